The van der Waals surface area contributed by atoms with E-state index in [1.165, 1.54) is 6.92 Å². The highest BCUT2D eigenvalue weighted by molar-refractivity contribution is 5.69. The molecule has 26 heavy (non-hydrogen) atoms. The summed E-state index contributed by atoms with van der Waals surface area (Å²) in [4.78, 5) is 20.7. The largest absolute Gasteiger partial charge is 0.481 e. The summed E-state index contributed by atoms with van der Waals surface area (Å²) in [6, 6.07) is 0. The Morgan fingerprint density at radius 2 is 1.42 bits per heavy atom. The lowest BCUT2D eigenvalue weighted by Gasteiger charge is -2.27. The molecule has 2 unspecified atom stereocenters. The Kier molecular flexibility index (Phi) is 13.5. The maximum absolute atomic E-state index is 10.4. The first kappa shape index (κ1) is 27.0. The van der Waals surface area contributed by atoms with E-state index in [0.29, 0.717) is 0 Å². The van der Waals surface area contributed by atoms with Gasteiger partial charge in [0.15, 0.2) is 0 Å². The highest BCUT2D eigenvalue weighted by Gasteiger charge is 2.29. The van der Waals surface area contributed by atoms with E-state index in [1.807, 2.05) is 6.92 Å². The van der Waals surface area contributed by atoms with Gasteiger partial charge < -0.3 is 30.3 Å². The van der Waals surface area contributed by atoms with E-state index in [2.05, 4.69) is 20.8 Å². The summed E-state index contributed by atoms with van der Waals surface area (Å²) >= 11 is 0. The number of hydrogen-bond donors (Lipinski definition) is 5. The Morgan fingerprint density at radius 3 is 1.73 bits per heavy atom. The van der Waals surface area contributed by atoms with Crippen LogP contribution in [0.2, 0.25) is 0 Å². The van der Waals surface area contributed by atoms with Crippen molar-refractivity contribution in [2.75, 3.05) is 33.0 Å². The molecule has 0 aromatic carbocycles. The molecule has 0 radical (unpaired) electrons. The Morgan fingerprint density at radius 1 is 0.962 bits per heavy atom. The average Bonchev–Trinajstić information content (AvgIpc) is 2.49. The molecule has 0 aliphatic heterocycles. The predicted octanol–water partition coefficient (Wildman–Crippen LogP) is 1.22. The van der Waals surface area contributed by atoms with Crippen LogP contribution in [0.25, 0.3) is 0 Å². The molecule has 0 fully saturated rings. The molecule has 0 aliphatic carbocycles. The van der Waals surface area contributed by atoms with Gasteiger partial charge in [0, 0.05) is 6.42 Å². The number of aliphatic hydroxyl groups excluding tert-OH is 3. The first-order valence-corrected chi connectivity index (χ1v) is 8.67. The fraction of sp³-hybridized carbons (Fsp3) is 0.889. The van der Waals surface area contributed by atoms with Crippen molar-refractivity contribution in [1.29, 1.82) is 0 Å². The molecular formula is C18H36O8. The predicted molar refractivity (Wildman–Crippen MR) is 96.8 cm³/mol. The fourth-order valence-corrected chi connectivity index (χ4v) is 2.23. The van der Waals surface area contributed by atoms with E-state index in [9.17, 15) is 9.59 Å². The highest BCUT2D eigenvalue weighted by atomic mass is 16.5. The van der Waals surface area contributed by atoms with E-state index in [-0.39, 0.29) is 31.0 Å². The standard InChI is InChI=1S/C9H18O6.C9H18O2/c1-7(8(13)14)2-15-6-9(3-10,4-11)5-12;1-7(5-8(10)11)6-9(2,3)4/h7,10-12H,2-6H2,1H3,(H,13,14);7H,5-6H2,1-4H3,(H,10,11). The lowest BCUT2D eigenvalue weighted by molar-refractivity contribution is -0.144. The first-order valence-electron chi connectivity index (χ1n) is 8.67. The van der Waals surface area contributed by atoms with E-state index in [1.54, 1.807) is 0 Å². The number of rotatable bonds is 11. The molecule has 0 spiro atoms. The van der Waals surface area contributed by atoms with Gasteiger partial charge in [0.1, 0.15) is 0 Å². The van der Waals surface area contributed by atoms with Crippen molar-refractivity contribution >= 4 is 11.9 Å². The Hall–Kier alpha value is -1.22. The van der Waals surface area contributed by atoms with Gasteiger partial charge in [-0.15, -0.1) is 0 Å². The van der Waals surface area contributed by atoms with Crippen LogP contribution in [-0.4, -0.2) is 70.5 Å². The molecule has 0 rings (SSSR count). The fourth-order valence-electron chi connectivity index (χ4n) is 2.23. The third kappa shape index (κ3) is 14.0. The van der Waals surface area contributed by atoms with Gasteiger partial charge in [-0.05, 0) is 24.7 Å². The minimum absolute atomic E-state index is 0.0168. The Balaban J connectivity index is 0. The normalized spacial score (nSPS) is 14.2. The Bertz CT molecular complexity index is 390. The molecular weight excluding hydrogens is 344 g/mol. The molecule has 8 nitrogen and oxygen atoms in total. The second-order valence-corrected chi connectivity index (χ2v) is 8.20. The molecule has 156 valence electrons. The van der Waals surface area contributed by atoms with Gasteiger partial charge in [0.2, 0.25) is 0 Å². The third-order valence-electron chi connectivity index (χ3n) is 3.69. The summed E-state index contributed by atoms with van der Waals surface area (Å²) in [7, 11) is 0. The molecule has 5 N–H and O–H groups in total. The summed E-state index contributed by atoms with van der Waals surface area (Å²) in [5.41, 5.74) is -0.854. The second kappa shape index (κ2) is 13.0. The Labute approximate surface area is 155 Å². The number of aliphatic hydroxyl groups is 3. The van der Waals surface area contributed by atoms with Crippen LogP contribution in [0.15, 0.2) is 0 Å². The number of carboxylic acids is 2. The summed E-state index contributed by atoms with van der Waals surface area (Å²) < 4.78 is 5.03. The molecule has 0 bridgehead atoms. The SMILES string of the molecule is CC(CC(=O)O)CC(C)(C)C.CC(COCC(CO)(CO)CO)C(=O)O. The summed E-state index contributed by atoms with van der Waals surface area (Å²) in [5, 5.41) is 43.8. The molecule has 0 aromatic heterocycles. The molecule has 0 saturated heterocycles. The van der Waals surface area contributed by atoms with Gasteiger partial charge in [-0.25, -0.2) is 0 Å². The zero-order valence-corrected chi connectivity index (χ0v) is 16.6. The number of ether oxygens (including phenoxy) is 1. The van der Waals surface area contributed by atoms with Gasteiger partial charge in [-0.3, -0.25) is 9.59 Å². The lowest BCUT2D eigenvalue weighted by atomic mass is 9.84. The molecule has 0 aromatic rings. The number of hydrogen-bond acceptors (Lipinski definition) is 6. The molecule has 0 heterocycles. The van der Waals surface area contributed by atoms with Gasteiger partial charge in [-0.2, -0.15) is 0 Å². The molecule has 0 saturated carbocycles. The van der Waals surface area contributed by atoms with Crippen LogP contribution in [0.5, 0.6) is 0 Å². The maximum atomic E-state index is 10.4. The van der Waals surface area contributed by atoms with Crippen LogP contribution < -0.4 is 0 Å². The minimum atomic E-state index is -1.10. The molecule has 0 amide bonds. The van der Waals surface area contributed by atoms with Crippen LogP contribution in [0.3, 0.4) is 0 Å². The quantitative estimate of drug-likeness (QED) is 0.360. The summed E-state index contributed by atoms with van der Waals surface area (Å²) in [6.45, 7) is 8.53. The summed E-state index contributed by atoms with van der Waals surface area (Å²) in [5.74, 6) is -2.04. The van der Waals surface area contributed by atoms with Crippen molar-refractivity contribution in [3.8, 4) is 0 Å². The average molecular weight is 380 g/mol. The lowest BCUT2D eigenvalue weighted by Crippen LogP contribution is -2.39. The second-order valence-electron chi connectivity index (χ2n) is 8.20. The van der Waals surface area contributed by atoms with Crippen molar-refractivity contribution < 1.29 is 39.9 Å². The summed E-state index contributed by atoms with van der Waals surface area (Å²) in [6.07, 6.45) is 1.26. The van der Waals surface area contributed by atoms with Gasteiger partial charge in [-0.1, -0.05) is 27.7 Å². The smallest absolute Gasteiger partial charge is 0.308 e. The third-order valence-corrected chi connectivity index (χ3v) is 3.69. The highest BCUT2D eigenvalue weighted by Crippen LogP contribution is 2.25. The van der Waals surface area contributed by atoms with Crippen molar-refractivity contribution in [2.24, 2.45) is 22.7 Å². The van der Waals surface area contributed by atoms with Crippen LogP contribution in [0.4, 0.5) is 0 Å². The van der Waals surface area contributed by atoms with Gasteiger partial charge >= 0.3 is 11.9 Å². The van der Waals surface area contributed by atoms with Crippen molar-refractivity contribution in [3.63, 3.8) is 0 Å². The van der Waals surface area contributed by atoms with E-state index in [0.717, 1.165) is 6.42 Å². The number of carboxylic acid groups (broad SMARTS) is 2. The monoisotopic (exact) mass is 380 g/mol. The first-order chi connectivity index (χ1) is 11.8. The van der Waals surface area contributed by atoms with E-state index < -0.39 is 43.1 Å². The van der Waals surface area contributed by atoms with Gasteiger partial charge in [0.05, 0.1) is 44.4 Å². The van der Waals surface area contributed by atoms with Crippen LogP contribution >= 0.6 is 0 Å². The molecule has 0 aliphatic rings. The van der Waals surface area contributed by atoms with E-state index in [4.69, 9.17) is 30.3 Å². The van der Waals surface area contributed by atoms with Crippen molar-refractivity contribution in [1.82, 2.24) is 0 Å². The van der Waals surface area contributed by atoms with Crippen molar-refractivity contribution in [2.45, 2.75) is 47.5 Å². The van der Waals surface area contributed by atoms with Crippen LogP contribution in [-0.2, 0) is 14.3 Å². The molecule has 8 heteroatoms. The zero-order chi connectivity index (χ0) is 21.0. The number of aliphatic carboxylic acids is 2. The maximum Gasteiger partial charge on any atom is 0.308 e. The zero-order valence-electron chi connectivity index (χ0n) is 16.6. The minimum Gasteiger partial charge on any atom is -0.481 e. The van der Waals surface area contributed by atoms with Crippen LogP contribution in [0.1, 0.15) is 47.5 Å². The topological polar surface area (TPSA) is 145 Å². The van der Waals surface area contributed by atoms with Crippen molar-refractivity contribution in [3.05, 3.63) is 0 Å². The molecule has 2 atom stereocenters. The number of carbonyl (C=O) groups is 2. The van der Waals surface area contributed by atoms with E-state index >= 15 is 0 Å². The van der Waals surface area contributed by atoms with Crippen LogP contribution in [0, 0.1) is 22.7 Å². The van der Waals surface area contributed by atoms with Gasteiger partial charge in [0.25, 0.3) is 0 Å².